The minimum absolute atomic E-state index is 0. The molecule has 4 nitrogen and oxygen atoms in total. The molecule has 23 heavy (non-hydrogen) atoms. The molecule has 0 saturated heterocycles. The molecular weight excluding hydrogens is 410 g/mol. The maximum absolute atomic E-state index is 13.8. The summed E-state index contributed by atoms with van der Waals surface area (Å²) in [7, 11) is 0. The number of amides is 1. The molecule has 0 aliphatic heterocycles. The Kier molecular flexibility index (Phi) is 8.22. The van der Waals surface area contributed by atoms with Crippen molar-refractivity contribution in [3.8, 4) is 0 Å². The van der Waals surface area contributed by atoms with Crippen molar-refractivity contribution >= 4 is 45.2 Å². The Morgan fingerprint density at radius 3 is 2.52 bits per heavy atom. The number of alkyl halides is 1. The third kappa shape index (κ3) is 4.76. The summed E-state index contributed by atoms with van der Waals surface area (Å²) in [5.41, 5.74) is 0.605. The molecule has 2 rings (SSSR count). The first-order chi connectivity index (χ1) is 11.0. The molecule has 0 aliphatic rings. The number of hydrogen-bond acceptors (Lipinski definition) is 2. The zero-order chi connectivity index (χ0) is 17.4. The van der Waals surface area contributed by atoms with E-state index in [0.717, 1.165) is 4.43 Å². The minimum Gasteiger partial charge on any atom is -0.360 e. The smallest absolute Gasteiger partial charge is 0.295 e. The van der Waals surface area contributed by atoms with Crippen LogP contribution in [0.25, 0.3) is 10.9 Å². The Bertz CT molecular complexity index is 676. The second-order valence-electron chi connectivity index (χ2n) is 4.97. The summed E-state index contributed by atoms with van der Waals surface area (Å²) in [6, 6.07) is 4.50. The monoisotopic (exact) mass is 434 g/mol. The highest BCUT2D eigenvalue weighted by Crippen LogP contribution is 2.22. The fourth-order valence-corrected chi connectivity index (χ4v) is 2.67. The highest BCUT2D eigenvalue weighted by Gasteiger charge is 2.25. The van der Waals surface area contributed by atoms with Crippen LogP contribution in [0.2, 0.25) is 0 Å². The van der Waals surface area contributed by atoms with Crippen LogP contribution in [0.3, 0.4) is 0 Å². The first-order valence-corrected chi connectivity index (χ1v) is 9.19. The number of H-pyrrole nitrogens is 1. The van der Waals surface area contributed by atoms with Crippen LogP contribution >= 0.6 is 22.6 Å². The van der Waals surface area contributed by atoms with E-state index in [1.165, 1.54) is 23.6 Å². The van der Waals surface area contributed by atoms with Crippen molar-refractivity contribution in [1.82, 2.24) is 9.88 Å². The summed E-state index contributed by atoms with van der Waals surface area (Å²) in [6.07, 6.45) is 2.64. The van der Waals surface area contributed by atoms with Crippen molar-refractivity contribution in [2.45, 2.75) is 27.2 Å². The first kappa shape index (κ1) is 19.6. The van der Waals surface area contributed by atoms with Gasteiger partial charge in [-0.2, -0.15) is 0 Å². The lowest BCUT2D eigenvalue weighted by Gasteiger charge is -2.18. The van der Waals surface area contributed by atoms with Crippen LogP contribution in [-0.2, 0) is 4.79 Å². The molecule has 6 heteroatoms. The molecule has 1 aromatic heterocycles. The number of benzene rings is 1. The van der Waals surface area contributed by atoms with E-state index in [2.05, 4.69) is 41.4 Å². The summed E-state index contributed by atoms with van der Waals surface area (Å²) in [6.45, 7) is 7.03. The Hall–Kier alpha value is -1.44. The third-order valence-corrected chi connectivity index (χ3v) is 3.60. The number of halogens is 2. The number of nitrogens with one attached hydrogen (secondary N) is 1. The summed E-state index contributed by atoms with van der Waals surface area (Å²) >= 11 is 2.14. The molecule has 128 valence electrons. The van der Waals surface area contributed by atoms with Crippen molar-refractivity contribution in [2.75, 3.05) is 17.5 Å². The fourth-order valence-electron chi connectivity index (χ4n) is 2.08. The second kappa shape index (κ2) is 9.64. The average Bonchev–Trinajstić information content (AvgIpc) is 2.97. The lowest BCUT2D eigenvalue weighted by atomic mass is 10.1. The van der Waals surface area contributed by atoms with Crippen LogP contribution in [0.1, 0.15) is 39.0 Å². The van der Waals surface area contributed by atoms with E-state index in [1.54, 1.807) is 12.1 Å². The Morgan fingerprint density at radius 1 is 1.30 bits per heavy atom. The van der Waals surface area contributed by atoms with Gasteiger partial charge in [-0.1, -0.05) is 48.9 Å². The maximum Gasteiger partial charge on any atom is 0.295 e. The molecule has 1 heterocycles. The Balaban J connectivity index is 0.00000123. The van der Waals surface area contributed by atoms with Crippen LogP contribution in [0, 0.1) is 5.82 Å². The van der Waals surface area contributed by atoms with E-state index in [-0.39, 0.29) is 12.4 Å². The lowest BCUT2D eigenvalue weighted by molar-refractivity contribution is -0.126. The molecule has 0 spiro atoms. The van der Waals surface area contributed by atoms with E-state index in [1.807, 2.05) is 6.92 Å². The van der Waals surface area contributed by atoms with E-state index >= 15 is 0 Å². The summed E-state index contributed by atoms with van der Waals surface area (Å²) in [4.78, 5) is 28.7. The molecule has 0 atom stereocenters. The number of nitrogens with zero attached hydrogens (tertiary/aromatic N) is 1. The van der Waals surface area contributed by atoms with E-state index < -0.39 is 17.5 Å². The van der Waals surface area contributed by atoms with Crippen molar-refractivity contribution in [3.63, 3.8) is 0 Å². The van der Waals surface area contributed by atoms with Gasteiger partial charge in [0.05, 0.1) is 5.56 Å². The van der Waals surface area contributed by atoms with Gasteiger partial charge in [-0.3, -0.25) is 9.59 Å². The van der Waals surface area contributed by atoms with Gasteiger partial charge < -0.3 is 9.88 Å². The Morgan fingerprint density at radius 2 is 1.96 bits per heavy atom. The van der Waals surface area contributed by atoms with Crippen molar-refractivity contribution in [2.24, 2.45) is 0 Å². The predicted molar refractivity (Wildman–Crippen MR) is 102 cm³/mol. The molecule has 0 fully saturated rings. The van der Waals surface area contributed by atoms with Gasteiger partial charge >= 0.3 is 0 Å². The number of carbonyl (C=O) groups is 2. The zero-order valence-electron chi connectivity index (χ0n) is 13.7. The maximum atomic E-state index is 13.8. The number of rotatable bonds is 5. The van der Waals surface area contributed by atoms with Gasteiger partial charge in [0.15, 0.2) is 0 Å². The van der Waals surface area contributed by atoms with Gasteiger partial charge in [0.2, 0.25) is 0 Å². The molecule has 0 bridgehead atoms. The number of carbonyl (C=O) groups excluding carboxylic acids is 2. The van der Waals surface area contributed by atoms with Crippen LogP contribution in [0.15, 0.2) is 24.4 Å². The predicted octanol–water partition coefficient (Wildman–Crippen LogP) is 4.44. The molecule has 0 aliphatic carbocycles. The van der Waals surface area contributed by atoms with E-state index in [4.69, 9.17) is 0 Å². The largest absolute Gasteiger partial charge is 0.360 e. The zero-order valence-corrected chi connectivity index (χ0v) is 15.8. The van der Waals surface area contributed by atoms with Crippen LogP contribution in [-0.4, -0.2) is 39.1 Å². The standard InChI is InChI=1S/C14H14FIN2O2.C3H8.H2/c1-2-18(7-6-16)14(20)13(19)9-8-17-11-5-3-4-10(15)12(9)11;1-3-2;/h3-5,8,17H,2,6-7H2,1H3;3H2,1-2H3;1H. The highest BCUT2D eigenvalue weighted by atomic mass is 127. The molecular formula is C17H24FIN2O2. The highest BCUT2D eigenvalue weighted by molar-refractivity contribution is 14.1. The van der Waals surface area contributed by atoms with Gasteiger partial charge in [0.25, 0.3) is 11.7 Å². The van der Waals surface area contributed by atoms with Crippen molar-refractivity contribution in [3.05, 3.63) is 35.8 Å². The van der Waals surface area contributed by atoms with Crippen LogP contribution in [0.5, 0.6) is 0 Å². The average molecular weight is 434 g/mol. The summed E-state index contributed by atoms with van der Waals surface area (Å²) in [5, 5.41) is 0.177. The molecule has 2 aromatic rings. The molecule has 1 aromatic carbocycles. The molecule has 1 N–H and O–H groups in total. The fraction of sp³-hybridized carbons (Fsp3) is 0.412. The van der Waals surface area contributed by atoms with Gasteiger partial charge in [-0.05, 0) is 19.1 Å². The van der Waals surface area contributed by atoms with Gasteiger partial charge in [0.1, 0.15) is 5.82 Å². The Labute approximate surface area is 151 Å². The first-order valence-electron chi connectivity index (χ1n) is 7.66. The van der Waals surface area contributed by atoms with Gasteiger partial charge in [0, 0.05) is 36.0 Å². The quantitative estimate of drug-likeness (QED) is 0.328. The van der Waals surface area contributed by atoms with Gasteiger partial charge in [-0.25, -0.2) is 4.39 Å². The van der Waals surface area contributed by atoms with Crippen LogP contribution in [0.4, 0.5) is 4.39 Å². The molecule has 0 saturated carbocycles. The van der Waals surface area contributed by atoms with E-state index in [9.17, 15) is 14.0 Å². The number of likely N-dealkylation sites (N-methyl/N-ethyl adjacent to an activating group) is 1. The van der Waals surface area contributed by atoms with Crippen LogP contribution < -0.4 is 0 Å². The van der Waals surface area contributed by atoms with Gasteiger partial charge in [-0.15, -0.1) is 0 Å². The summed E-state index contributed by atoms with van der Waals surface area (Å²) < 4.78 is 14.6. The summed E-state index contributed by atoms with van der Waals surface area (Å²) in [5.74, 6) is -1.77. The number of hydrogen-bond donors (Lipinski definition) is 1. The van der Waals surface area contributed by atoms with Crippen molar-refractivity contribution in [1.29, 1.82) is 0 Å². The minimum atomic E-state index is -0.673. The molecule has 0 radical (unpaired) electrons. The second-order valence-corrected chi connectivity index (χ2v) is 6.05. The number of ketones is 1. The topological polar surface area (TPSA) is 53.2 Å². The number of fused-ring (bicyclic) bond motifs is 1. The number of aromatic nitrogens is 1. The normalized spacial score (nSPS) is 10.1. The van der Waals surface area contributed by atoms with Crippen molar-refractivity contribution < 1.29 is 15.4 Å². The molecule has 1 amide bonds. The third-order valence-electron chi connectivity index (χ3n) is 3.12. The lowest BCUT2D eigenvalue weighted by Crippen LogP contribution is -2.37. The van der Waals surface area contributed by atoms with E-state index in [0.29, 0.717) is 18.6 Å². The SMILES string of the molecule is CCC.CCN(CCI)C(=O)C(=O)c1c[nH]c2cccc(F)c12.[HH]. The number of Topliss-reactive ketones (excluding diaryl/α,β-unsaturated/α-hetero) is 1. The molecule has 0 unspecified atom stereocenters. The number of aromatic amines is 1.